The van der Waals surface area contributed by atoms with Crippen LogP contribution in [0.2, 0.25) is 0 Å². The maximum Gasteiger partial charge on any atom is 0.203 e. The van der Waals surface area contributed by atoms with Crippen LogP contribution in [-0.2, 0) is 0 Å². The molecule has 3 aromatic carbocycles. The SMILES string of the molecule is COc1ccc(C(=O)C=CNc2cc(C=Cc3cc(OC)c(OC)c(OC)c3)cc(OC)c2OC)cc1. The van der Waals surface area contributed by atoms with Crippen molar-refractivity contribution in [3.05, 3.63) is 77.5 Å². The lowest BCUT2D eigenvalue weighted by atomic mass is 10.1. The first-order valence-corrected chi connectivity index (χ1v) is 11.3. The van der Waals surface area contributed by atoms with E-state index >= 15 is 0 Å². The lowest BCUT2D eigenvalue weighted by Crippen LogP contribution is -1.99. The first-order valence-electron chi connectivity index (χ1n) is 11.3. The van der Waals surface area contributed by atoms with E-state index in [1.165, 1.54) is 6.08 Å². The third-order valence-corrected chi connectivity index (χ3v) is 5.50. The van der Waals surface area contributed by atoms with Gasteiger partial charge in [0.25, 0.3) is 0 Å². The Morgan fingerprint density at radius 2 is 1.16 bits per heavy atom. The minimum Gasteiger partial charge on any atom is -0.497 e. The van der Waals surface area contributed by atoms with Gasteiger partial charge in [-0.25, -0.2) is 0 Å². The predicted octanol–water partition coefficient (Wildman–Crippen LogP) is 5.72. The second-order valence-electron chi connectivity index (χ2n) is 7.67. The van der Waals surface area contributed by atoms with E-state index < -0.39 is 0 Å². The number of ketones is 1. The molecule has 0 aromatic heterocycles. The van der Waals surface area contributed by atoms with Gasteiger partial charge in [-0.15, -0.1) is 0 Å². The van der Waals surface area contributed by atoms with Crippen LogP contribution in [-0.4, -0.2) is 48.4 Å². The van der Waals surface area contributed by atoms with Crippen LogP contribution in [0.1, 0.15) is 21.5 Å². The summed E-state index contributed by atoms with van der Waals surface area (Å²) in [4.78, 5) is 12.5. The summed E-state index contributed by atoms with van der Waals surface area (Å²) in [6.07, 6.45) is 6.85. The molecule has 0 bridgehead atoms. The van der Waals surface area contributed by atoms with Crippen molar-refractivity contribution in [1.82, 2.24) is 0 Å². The van der Waals surface area contributed by atoms with Gasteiger partial charge >= 0.3 is 0 Å². The van der Waals surface area contributed by atoms with Crippen molar-refractivity contribution in [3.8, 4) is 34.5 Å². The zero-order valence-corrected chi connectivity index (χ0v) is 21.8. The van der Waals surface area contributed by atoms with Crippen molar-refractivity contribution in [3.63, 3.8) is 0 Å². The van der Waals surface area contributed by atoms with Crippen molar-refractivity contribution in [1.29, 1.82) is 0 Å². The highest BCUT2D eigenvalue weighted by atomic mass is 16.5. The molecule has 0 saturated heterocycles. The molecular formula is C29H31NO7. The molecule has 0 spiro atoms. The smallest absolute Gasteiger partial charge is 0.203 e. The quantitative estimate of drug-likeness (QED) is 0.190. The molecule has 0 saturated carbocycles. The van der Waals surface area contributed by atoms with E-state index in [0.29, 0.717) is 45.7 Å². The fourth-order valence-electron chi connectivity index (χ4n) is 3.64. The summed E-state index contributed by atoms with van der Waals surface area (Å²) in [5, 5.41) is 3.13. The fraction of sp³-hybridized carbons (Fsp3) is 0.207. The number of methoxy groups -OCH3 is 6. The molecule has 8 nitrogen and oxygen atoms in total. The van der Waals surface area contributed by atoms with Crippen LogP contribution in [0.25, 0.3) is 12.2 Å². The van der Waals surface area contributed by atoms with Crippen LogP contribution < -0.4 is 33.7 Å². The Morgan fingerprint density at radius 3 is 1.65 bits per heavy atom. The largest absolute Gasteiger partial charge is 0.497 e. The number of benzene rings is 3. The number of rotatable bonds is 12. The second-order valence-corrected chi connectivity index (χ2v) is 7.67. The van der Waals surface area contributed by atoms with Gasteiger partial charge in [0.05, 0.1) is 48.3 Å². The highest BCUT2D eigenvalue weighted by Gasteiger charge is 2.13. The molecule has 0 unspecified atom stereocenters. The van der Waals surface area contributed by atoms with E-state index in [-0.39, 0.29) is 5.78 Å². The number of ether oxygens (including phenoxy) is 6. The second kappa shape index (κ2) is 12.9. The zero-order chi connectivity index (χ0) is 26.8. The van der Waals surface area contributed by atoms with E-state index in [0.717, 1.165) is 11.1 Å². The molecule has 0 aliphatic rings. The molecule has 0 aliphatic heterocycles. The van der Waals surface area contributed by atoms with Crippen molar-refractivity contribution in [2.24, 2.45) is 0 Å². The Hall–Kier alpha value is -4.59. The van der Waals surface area contributed by atoms with Gasteiger partial charge in [0.2, 0.25) is 5.75 Å². The summed E-state index contributed by atoms with van der Waals surface area (Å²) in [5.41, 5.74) is 2.86. The van der Waals surface area contributed by atoms with Gasteiger partial charge < -0.3 is 33.7 Å². The van der Waals surface area contributed by atoms with Crippen LogP contribution in [0, 0.1) is 0 Å². The lowest BCUT2D eigenvalue weighted by Gasteiger charge is -2.14. The molecule has 1 N–H and O–H groups in total. The maximum atomic E-state index is 12.5. The first kappa shape index (κ1) is 27.0. The number of anilines is 1. The minimum absolute atomic E-state index is 0.153. The van der Waals surface area contributed by atoms with Gasteiger partial charge in [-0.1, -0.05) is 12.2 Å². The Bertz CT molecular complexity index is 1260. The van der Waals surface area contributed by atoms with E-state index in [1.54, 1.807) is 73.1 Å². The molecule has 0 fully saturated rings. The highest BCUT2D eigenvalue weighted by Crippen LogP contribution is 2.40. The van der Waals surface area contributed by atoms with Crippen LogP contribution in [0.4, 0.5) is 5.69 Å². The Labute approximate surface area is 217 Å². The van der Waals surface area contributed by atoms with Gasteiger partial charge in [0, 0.05) is 17.8 Å². The van der Waals surface area contributed by atoms with Gasteiger partial charge in [-0.2, -0.15) is 0 Å². The molecular weight excluding hydrogens is 474 g/mol. The molecule has 37 heavy (non-hydrogen) atoms. The first-order chi connectivity index (χ1) is 18.0. The number of allylic oxidation sites excluding steroid dienone is 1. The molecule has 0 heterocycles. The van der Waals surface area contributed by atoms with Crippen LogP contribution in [0.5, 0.6) is 34.5 Å². The summed E-state index contributed by atoms with van der Waals surface area (Å²) in [6.45, 7) is 0. The summed E-state index contributed by atoms with van der Waals surface area (Å²) < 4.78 is 32.5. The van der Waals surface area contributed by atoms with Crippen LogP contribution >= 0.6 is 0 Å². The highest BCUT2D eigenvalue weighted by molar-refractivity contribution is 6.04. The predicted molar refractivity (Wildman–Crippen MR) is 145 cm³/mol. The fourth-order valence-corrected chi connectivity index (χ4v) is 3.64. The molecule has 8 heteroatoms. The lowest BCUT2D eigenvalue weighted by molar-refractivity contribution is 0.104. The van der Waals surface area contributed by atoms with Gasteiger partial charge in [0.1, 0.15) is 5.75 Å². The number of nitrogens with one attached hydrogen (secondary N) is 1. The standard InChI is InChI=1S/C29H31NO7/c1-32-22-11-9-21(10-12-22)24(31)13-14-30-23-15-19(16-25(33-2)28(23)36-5)7-8-20-17-26(34-3)29(37-6)27(18-20)35-4/h7-18,30H,1-6H3. The Kier molecular flexibility index (Phi) is 9.43. The Morgan fingerprint density at radius 1 is 0.649 bits per heavy atom. The van der Waals surface area contributed by atoms with E-state index in [4.69, 9.17) is 28.4 Å². The van der Waals surface area contributed by atoms with Crippen molar-refractivity contribution in [2.75, 3.05) is 48.0 Å². The topological polar surface area (TPSA) is 84.5 Å². The third kappa shape index (κ3) is 6.55. The molecule has 3 aromatic rings. The van der Waals surface area contributed by atoms with Crippen molar-refractivity contribution >= 4 is 23.6 Å². The number of carbonyl (C=O) groups excluding carboxylic acids is 1. The molecule has 0 aliphatic carbocycles. The van der Waals surface area contributed by atoms with Gasteiger partial charge in [-0.3, -0.25) is 4.79 Å². The molecule has 0 atom stereocenters. The summed E-state index contributed by atoms with van der Waals surface area (Å²) in [7, 11) is 9.41. The van der Waals surface area contributed by atoms with Crippen LogP contribution in [0.15, 0.2) is 60.8 Å². The number of hydrogen-bond donors (Lipinski definition) is 1. The van der Waals surface area contributed by atoms with Crippen molar-refractivity contribution < 1.29 is 33.2 Å². The van der Waals surface area contributed by atoms with E-state index in [2.05, 4.69) is 5.32 Å². The Balaban J connectivity index is 1.87. The monoisotopic (exact) mass is 505 g/mol. The summed E-state index contributed by atoms with van der Waals surface area (Å²) >= 11 is 0. The molecule has 194 valence electrons. The summed E-state index contributed by atoms with van der Waals surface area (Å²) in [6, 6.07) is 14.4. The zero-order valence-electron chi connectivity index (χ0n) is 21.8. The van der Waals surface area contributed by atoms with Crippen LogP contribution in [0.3, 0.4) is 0 Å². The van der Waals surface area contributed by atoms with Crippen molar-refractivity contribution in [2.45, 2.75) is 0 Å². The van der Waals surface area contributed by atoms with E-state index in [9.17, 15) is 4.79 Å². The normalized spacial score (nSPS) is 10.9. The molecule has 0 amide bonds. The minimum atomic E-state index is -0.153. The maximum absolute atomic E-state index is 12.5. The average molecular weight is 506 g/mol. The number of carbonyl (C=O) groups is 1. The third-order valence-electron chi connectivity index (χ3n) is 5.50. The molecule has 0 radical (unpaired) electrons. The van der Waals surface area contributed by atoms with E-state index in [1.807, 2.05) is 36.4 Å². The summed E-state index contributed by atoms with van der Waals surface area (Å²) in [5.74, 6) is 3.22. The van der Waals surface area contributed by atoms with Gasteiger partial charge in [-0.05, 0) is 59.7 Å². The molecule has 3 rings (SSSR count). The van der Waals surface area contributed by atoms with Gasteiger partial charge in [0.15, 0.2) is 28.8 Å². The average Bonchev–Trinajstić information content (AvgIpc) is 2.94. The number of hydrogen-bond acceptors (Lipinski definition) is 8.